The Morgan fingerprint density at radius 3 is 2.42 bits per heavy atom. The summed E-state index contributed by atoms with van der Waals surface area (Å²) in [4.78, 5) is 12.7. The lowest BCUT2D eigenvalue weighted by Crippen LogP contribution is -2.13. The van der Waals surface area contributed by atoms with E-state index in [1.807, 2.05) is 55.5 Å². The summed E-state index contributed by atoms with van der Waals surface area (Å²) in [5.41, 5.74) is 2.38. The molecule has 0 saturated carbocycles. The lowest BCUT2D eigenvalue weighted by atomic mass is 10.1. The second-order valence-corrected chi connectivity index (χ2v) is 10.1. The minimum Gasteiger partial charge on any atom is -0.494 e. The molecule has 1 amide bonds. The van der Waals surface area contributed by atoms with Crippen molar-refractivity contribution >= 4 is 78.8 Å². The molecule has 0 atom stereocenters. The van der Waals surface area contributed by atoms with Crippen LogP contribution >= 0.6 is 61.1 Å². The van der Waals surface area contributed by atoms with Crippen LogP contribution in [0.2, 0.25) is 0 Å². The van der Waals surface area contributed by atoms with Gasteiger partial charge in [0.25, 0.3) is 5.91 Å². The second kappa shape index (κ2) is 12.4. The normalized spacial score (nSPS) is 10.9. The van der Waals surface area contributed by atoms with Crippen LogP contribution in [0.5, 0.6) is 11.5 Å². The molecule has 8 heteroatoms. The Morgan fingerprint density at radius 1 is 1.09 bits per heavy atom. The molecule has 0 radical (unpaired) electrons. The second-order valence-electron chi connectivity index (χ2n) is 6.81. The van der Waals surface area contributed by atoms with Gasteiger partial charge in [-0.2, -0.15) is 5.26 Å². The number of rotatable bonds is 8. The molecule has 3 aromatic carbocycles. The maximum absolute atomic E-state index is 12.7. The SMILES string of the molecule is CCOc1cccc(NC(=O)/C(C#N)=C\c2cc(I)c(OCc3ccc(Br)cc3)c(I)c2)c1. The number of hydrogen-bond donors (Lipinski definition) is 1. The van der Waals surface area contributed by atoms with E-state index in [-0.39, 0.29) is 5.57 Å². The fourth-order valence-corrected chi connectivity index (χ4v) is 5.27. The first-order valence-corrected chi connectivity index (χ1v) is 12.9. The first kappa shape index (κ1) is 25.5. The number of anilines is 1. The van der Waals surface area contributed by atoms with Crippen LogP contribution < -0.4 is 14.8 Å². The molecule has 3 rings (SSSR count). The van der Waals surface area contributed by atoms with Gasteiger partial charge in [-0.3, -0.25) is 4.79 Å². The third-order valence-electron chi connectivity index (χ3n) is 4.40. The molecular formula is C25H19BrI2N2O3. The molecule has 0 aliphatic rings. The topological polar surface area (TPSA) is 71.3 Å². The van der Waals surface area contributed by atoms with Gasteiger partial charge >= 0.3 is 0 Å². The van der Waals surface area contributed by atoms with Crippen molar-refractivity contribution in [2.24, 2.45) is 0 Å². The summed E-state index contributed by atoms with van der Waals surface area (Å²) >= 11 is 7.83. The Morgan fingerprint density at radius 2 is 1.79 bits per heavy atom. The molecule has 0 aromatic heterocycles. The molecule has 0 aliphatic heterocycles. The summed E-state index contributed by atoms with van der Waals surface area (Å²) in [6.45, 7) is 2.86. The van der Waals surface area contributed by atoms with Gasteiger partial charge in [-0.05, 0) is 106 Å². The molecule has 168 valence electrons. The molecule has 0 aliphatic carbocycles. The van der Waals surface area contributed by atoms with E-state index in [0.717, 1.165) is 28.5 Å². The average molecular weight is 729 g/mol. The summed E-state index contributed by atoms with van der Waals surface area (Å²) in [5, 5.41) is 12.3. The highest BCUT2D eigenvalue weighted by atomic mass is 127. The van der Waals surface area contributed by atoms with E-state index in [1.165, 1.54) is 0 Å². The molecule has 1 N–H and O–H groups in total. The van der Waals surface area contributed by atoms with E-state index < -0.39 is 5.91 Å². The zero-order valence-electron chi connectivity index (χ0n) is 17.6. The van der Waals surface area contributed by atoms with Crippen molar-refractivity contribution in [3.8, 4) is 17.6 Å². The van der Waals surface area contributed by atoms with Crippen LogP contribution in [0, 0.1) is 18.5 Å². The number of hydrogen-bond acceptors (Lipinski definition) is 4. The third-order valence-corrected chi connectivity index (χ3v) is 6.53. The largest absolute Gasteiger partial charge is 0.494 e. The molecule has 0 bridgehead atoms. The molecule has 5 nitrogen and oxygen atoms in total. The van der Waals surface area contributed by atoms with Gasteiger partial charge in [0.2, 0.25) is 0 Å². The van der Waals surface area contributed by atoms with Crippen molar-refractivity contribution in [3.05, 3.63) is 89.0 Å². The maximum atomic E-state index is 12.7. The predicted molar refractivity (Wildman–Crippen MR) is 150 cm³/mol. The van der Waals surface area contributed by atoms with Crippen molar-refractivity contribution in [3.63, 3.8) is 0 Å². The van der Waals surface area contributed by atoms with Crippen LogP contribution in [0.4, 0.5) is 5.69 Å². The van der Waals surface area contributed by atoms with Gasteiger partial charge in [0.05, 0.1) is 13.7 Å². The molecule has 0 fully saturated rings. The fourth-order valence-electron chi connectivity index (χ4n) is 2.88. The van der Waals surface area contributed by atoms with Crippen molar-refractivity contribution in [1.82, 2.24) is 0 Å². The van der Waals surface area contributed by atoms with E-state index in [9.17, 15) is 10.1 Å². The third kappa shape index (κ3) is 7.45. The highest BCUT2D eigenvalue weighted by molar-refractivity contribution is 14.1. The standard InChI is InChI=1S/C25H19BrI2N2O3/c1-2-32-21-5-3-4-20(13-21)30-25(31)18(14-29)10-17-11-22(27)24(23(28)12-17)33-15-16-6-8-19(26)9-7-16/h3-13H,2,15H2,1H3,(H,30,31)/b18-10-. The number of nitrogens with zero attached hydrogens (tertiary/aromatic N) is 1. The highest BCUT2D eigenvalue weighted by Gasteiger charge is 2.13. The molecular weight excluding hydrogens is 710 g/mol. The number of ether oxygens (including phenoxy) is 2. The van der Waals surface area contributed by atoms with Crippen molar-refractivity contribution in [2.45, 2.75) is 13.5 Å². The molecule has 33 heavy (non-hydrogen) atoms. The van der Waals surface area contributed by atoms with Crippen molar-refractivity contribution in [2.75, 3.05) is 11.9 Å². The van der Waals surface area contributed by atoms with Crippen LogP contribution in [0.25, 0.3) is 6.08 Å². The lowest BCUT2D eigenvalue weighted by Gasteiger charge is -2.12. The van der Waals surface area contributed by atoms with Crippen LogP contribution in [0.15, 0.2) is 70.7 Å². The number of nitriles is 1. The maximum Gasteiger partial charge on any atom is 0.266 e. The molecule has 0 saturated heterocycles. The summed E-state index contributed by atoms with van der Waals surface area (Å²) in [6.07, 6.45) is 1.57. The van der Waals surface area contributed by atoms with Crippen LogP contribution in [-0.2, 0) is 11.4 Å². The van der Waals surface area contributed by atoms with Gasteiger partial charge in [-0.25, -0.2) is 0 Å². The van der Waals surface area contributed by atoms with E-state index >= 15 is 0 Å². The number of carbonyl (C=O) groups excluding carboxylic acids is 1. The van der Waals surface area contributed by atoms with E-state index in [4.69, 9.17) is 9.47 Å². The van der Waals surface area contributed by atoms with E-state index in [1.54, 1.807) is 24.3 Å². The fraction of sp³-hybridized carbons (Fsp3) is 0.120. The summed E-state index contributed by atoms with van der Waals surface area (Å²) in [6, 6.07) is 20.8. The monoisotopic (exact) mass is 728 g/mol. The number of nitrogens with one attached hydrogen (secondary N) is 1. The number of halogens is 3. The van der Waals surface area contributed by atoms with Gasteiger partial charge in [-0.15, -0.1) is 0 Å². The smallest absolute Gasteiger partial charge is 0.266 e. The number of carbonyl (C=O) groups is 1. The summed E-state index contributed by atoms with van der Waals surface area (Å²) in [5.74, 6) is 0.944. The zero-order chi connectivity index (χ0) is 23.8. The quantitative estimate of drug-likeness (QED) is 0.152. The van der Waals surface area contributed by atoms with E-state index in [2.05, 4.69) is 66.4 Å². The van der Waals surface area contributed by atoms with Crippen LogP contribution in [-0.4, -0.2) is 12.5 Å². The van der Waals surface area contributed by atoms with Crippen molar-refractivity contribution < 1.29 is 14.3 Å². The van der Waals surface area contributed by atoms with Crippen LogP contribution in [0.3, 0.4) is 0 Å². The number of benzene rings is 3. The molecule has 0 unspecified atom stereocenters. The first-order chi connectivity index (χ1) is 15.9. The Kier molecular flexibility index (Phi) is 9.58. The Bertz CT molecular complexity index is 1200. The summed E-state index contributed by atoms with van der Waals surface area (Å²) < 4.78 is 14.3. The van der Waals surface area contributed by atoms with Crippen LogP contribution in [0.1, 0.15) is 18.1 Å². The predicted octanol–water partition coefficient (Wildman–Crippen LogP) is 7.18. The Balaban J connectivity index is 1.75. The summed E-state index contributed by atoms with van der Waals surface area (Å²) in [7, 11) is 0. The van der Waals surface area contributed by atoms with E-state index in [0.29, 0.717) is 24.7 Å². The van der Waals surface area contributed by atoms with Gasteiger partial charge in [0.1, 0.15) is 29.7 Å². The van der Waals surface area contributed by atoms with Crippen molar-refractivity contribution in [1.29, 1.82) is 5.26 Å². The van der Waals surface area contributed by atoms with Gasteiger partial charge in [-0.1, -0.05) is 34.1 Å². The van der Waals surface area contributed by atoms with Gasteiger partial charge in [0, 0.05) is 16.2 Å². The zero-order valence-corrected chi connectivity index (χ0v) is 23.5. The molecule has 0 spiro atoms. The lowest BCUT2D eigenvalue weighted by molar-refractivity contribution is -0.112. The Labute approximate surface area is 228 Å². The minimum atomic E-state index is -0.480. The van der Waals surface area contributed by atoms with Gasteiger partial charge in [0.15, 0.2) is 0 Å². The Hall–Kier alpha value is -2.10. The van der Waals surface area contributed by atoms with Gasteiger partial charge < -0.3 is 14.8 Å². The molecule has 3 aromatic rings. The first-order valence-electron chi connectivity index (χ1n) is 9.92. The molecule has 0 heterocycles. The average Bonchev–Trinajstić information content (AvgIpc) is 2.78. The highest BCUT2D eigenvalue weighted by Crippen LogP contribution is 2.31. The number of amides is 1. The minimum absolute atomic E-state index is 0.00643.